The predicted octanol–water partition coefficient (Wildman–Crippen LogP) is 5.53. The van der Waals surface area contributed by atoms with E-state index < -0.39 is 6.10 Å². The standard InChI is InChI=1S/C29H40ClNO4/c1-4-29(5-2,18-22-15-23-9-7-8-10-24(23)16-22)31-19-25(32)20-35-27-13-11-21(17-26(27)30)12-14-28(33)34-6-3/h7-11,13,17,22,25,31-32H,4-6,12,14-16,18-20H2,1-3H3/t25-/m1/s1. The fourth-order valence-corrected chi connectivity index (χ4v) is 5.34. The van der Waals surface area contributed by atoms with Crippen LogP contribution in [-0.2, 0) is 28.8 Å². The Hall–Kier alpha value is -2.08. The quantitative estimate of drug-likeness (QED) is 0.333. The molecule has 5 nitrogen and oxygen atoms in total. The summed E-state index contributed by atoms with van der Waals surface area (Å²) in [5, 5.41) is 14.8. The van der Waals surface area contributed by atoms with Gasteiger partial charge in [-0.25, -0.2) is 0 Å². The first-order chi connectivity index (χ1) is 16.9. The van der Waals surface area contributed by atoms with E-state index in [4.69, 9.17) is 21.1 Å². The van der Waals surface area contributed by atoms with Crippen LogP contribution in [0.5, 0.6) is 5.75 Å². The highest BCUT2D eigenvalue weighted by Crippen LogP contribution is 2.34. The van der Waals surface area contributed by atoms with Crippen LogP contribution in [0.25, 0.3) is 0 Å². The van der Waals surface area contributed by atoms with Gasteiger partial charge in [-0.3, -0.25) is 4.79 Å². The molecule has 1 aliphatic rings. The van der Waals surface area contributed by atoms with Gasteiger partial charge in [0.05, 0.1) is 11.6 Å². The molecule has 0 spiro atoms. The lowest BCUT2D eigenvalue weighted by molar-refractivity contribution is -0.143. The average Bonchev–Trinajstić information content (AvgIpc) is 3.27. The maximum atomic E-state index is 11.6. The van der Waals surface area contributed by atoms with Gasteiger partial charge in [-0.15, -0.1) is 0 Å². The molecular weight excluding hydrogens is 462 g/mol. The summed E-state index contributed by atoms with van der Waals surface area (Å²) in [6.45, 7) is 7.26. The molecule has 192 valence electrons. The van der Waals surface area contributed by atoms with Crippen LogP contribution in [0.15, 0.2) is 42.5 Å². The van der Waals surface area contributed by atoms with Crippen LogP contribution in [0, 0.1) is 5.92 Å². The van der Waals surface area contributed by atoms with E-state index in [9.17, 15) is 9.90 Å². The summed E-state index contributed by atoms with van der Waals surface area (Å²) in [5.74, 6) is 0.952. The van der Waals surface area contributed by atoms with Crippen molar-refractivity contribution in [3.63, 3.8) is 0 Å². The maximum absolute atomic E-state index is 11.6. The molecule has 2 aromatic rings. The molecule has 0 radical (unpaired) electrons. The number of β-amino-alcohol motifs (C(OH)–C–C–N with tert-alkyl or cyclic N) is 1. The minimum absolute atomic E-state index is 0.00586. The first kappa shape index (κ1) is 27.5. The van der Waals surface area contributed by atoms with E-state index in [1.54, 1.807) is 19.1 Å². The van der Waals surface area contributed by atoms with Crippen molar-refractivity contribution in [1.82, 2.24) is 5.32 Å². The van der Waals surface area contributed by atoms with Crippen LogP contribution in [0.3, 0.4) is 0 Å². The summed E-state index contributed by atoms with van der Waals surface area (Å²) in [6, 6.07) is 14.3. The van der Waals surface area contributed by atoms with Gasteiger partial charge in [0, 0.05) is 18.5 Å². The van der Waals surface area contributed by atoms with Crippen molar-refractivity contribution in [2.45, 2.75) is 77.4 Å². The highest BCUT2D eigenvalue weighted by molar-refractivity contribution is 6.32. The van der Waals surface area contributed by atoms with Crippen LogP contribution in [-0.4, -0.2) is 42.5 Å². The van der Waals surface area contributed by atoms with Crippen LogP contribution in [0.2, 0.25) is 5.02 Å². The third kappa shape index (κ3) is 7.96. The highest BCUT2D eigenvalue weighted by atomic mass is 35.5. The third-order valence-corrected chi connectivity index (χ3v) is 7.53. The number of nitrogens with one attached hydrogen (secondary N) is 1. The predicted molar refractivity (Wildman–Crippen MR) is 141 cm³/mol. The van der Waals surface area contributed by atoms with Crippen molar-refractivity contribution >= 4 is 17.6 Å². The Bertz CT molecular complexity index is 934. The number of fused-ring (bicyclic) bond motifs is 1. The second-order valence-corrected chi connectivity index (χ2v) is 10.1. The normalized spacial score (nSPS) is 14.5. The van der Waals surface area contributed by atoms with Crippen LogP contribution in [0.1, 0.15) is 63.1 Å². The summed E-state index contributed by atoms with van der Waals surface area (Å²) >= 11 is 6.38. The second-order valence-electron chi connectivity index (χ2n) is 9.65. The van der Waals surface area contributed by atoms with Gasteiger partial charge in [0.2, 0.25) is 0 Å². The first-order valence-electron chi connectivity index (χ1n) is 12.9. The SMILES string of the molecule is CCOC(=O)CCc1ccc(OC[C@H](O)CNC(CC)(CC)CC2Cc3ccccc3C2)c(Cl)c1. The molecule has 6 heteroatoms. The van der Waals surface area contributed by atoms with E-state index >= 15 is 0 Å². The largest absolute Gasteiger partial charge is 0.489 e. The molecule has 2 aromatic carbocycles. The fraction of sp³-hybridized carbons (Fsp3) is 0.552. The van der Waals surface area contributed by atoms with Crippen molar-refractivity contribution in [3.05, 3.63) is 64.2 Å². The van der Waals surface area contributed by atoms with Gasteiger partial charge in [0.25, 0.3) is 0 Å². The molecule has 0 aliphatic heterocycles. The number of aryl methyl sites for hydroxylation is 1. The Kier molecular flexibility index (Phi) is 10.4. The van der Waals surface area contributed by atoms with Gasteiger partial charge in [-0.1, -0.05) is 55.8 Å². The number of benzene rings is 2. The zero-order chi connectivity index (χ0) is 25.3. The molecule has 2 N–H and O–H groups in total. The molecule has 0 fully saturated rings. The molecule has 0 aromatic heterocycles. The van der Waals surface area contributed by atoms with Gasteiger partial charge < -0.3 is 19.9 Å². The second kappa shape index (κ2) is 13.3. The Morgan fingerprint density at radius 2 is 1.83 bits per heavy atom. The lowest BCUT2D eigenvalue weighted by atomic mass is 9.81. The molecule has 0 saturated heterocycles. The number of carbonyl (C=O) groups is 1. The van der Waals surface area contributed by atoms with E-state index in [-0.39, 0.29) is 18.1 Å². The fourth-order valence-electron chi connectivity index (χ4n) is 5.08. The third-order valence-electron chi connectivity index (χ3n) is 7.23. The summed E-state index contributed by atoms with van der Waals surface area (Å²) in [5.41, 5.74) is 3.92. The Balaban J connectivity index is 1.46. The topological polar surface area (TPSA) is 67.8 Å². The zero-order valence-corrected chi connectivity index (χ0v) is 22.1. The van der Waals surface area contributed by atoms with Gasteiger partial charge >= 0.3 is 5.97 Å². The maximum Gasteiger partial charge on any atom is 0.306 e. The number of rotatable bonds is 14. The molecule has 0 unspecified atom stereocenters. The summed E-state index contributed by atoms with van der Waals surface area (Å²) in [6.07, 6.45) is 5.64. The number of hydrogen-bond donors (Lipinski definition) is 2. The van der Waals surface area contributed by atoms with Crippen molar-refractivity contribution in [2.24, 2.45) is 5.92 Å². The molecule has 1 aliphatic carbocycles. The van der Waals surface area contributed by atoms with E-state index in [1.165, 1.54) is 11.1 Å². The summed E-state index contributed by atoms with van der Waals surface area (Å²) in [4.78, 5) is 11.6. The lowest BCUT2D eigenvalue weighted by Gasteiger charge is -2.36. The minimum atomic E-state index is -0.646. The van der Waals surface area contributed by atoms with Crippen LogP contribution in [0.4, 0.5) is 0 Å². The molecule has 0 amide bonds. The average molecular weight is 502 g/mol. The Labute approximate surface area is 215 Å². The monoisotopic (exact) mass is 501 g/mol. The van der Waals surface area contributed by atoms with E-state index in [0.717, 1.165) is 37.7 Å². The zero-order valence-electron chi connectivity index (χ0n) is 21.3. The number of carbonyl (C=O) groups excluding carboxylic acids is 1. The highest BCUT2D eigenvalue weighted by Gasteiger charge is 2.32. The first-order valence-corrected chi connectivity index (χ1v) is 13.3. The van der Waals surface area contributed by atoms with Crippen molar-refractivity contribution in [1.29, 1.82) is 0 Å². The number of aliphatic hydroxyl groups excluding tert-OH is 1. The molecule has 1 atom stereocenters. The Morgan fingerprint density at radius 1 is 1.14 bits per heavy atom. The van der Waals surface area contributed by atoms with Gasteiger partial charge in [0.15, 0.2) is 0 Å². The number of hydrogen-bond acceptors (Lipinski definition) is 5. The van der Waals surface area contributed by atoms with Crippen molar-refractivity contribution in [3.8, 4) is 5.75 Å². The van der Waals surface area contributed by atoms with Crippen molar-refractivity contribution < 1.29 is 19.4 Å². The molecule has 35 heavy (non-hydrogen) atoms. The van der Waals surface area contributed by atoms with Crippen LogP contribution < -0.4 is 10.1 Å². The lowest BCUT2D eigenvalue weighted by Crippen LogP contribution is -2.49. The van der Waals surface area contributed by atoms with Crippen molar-refractivity contribution in [2.75, 3.05) is 19.8 Å². The molecular formula is C29H40ClNO4. The van der Waals surface area contributed by atoms with Gasteiger partial charge in [0.1, 0.15) is 18.5 Å². The Morgan fingerprint density at radius 3 is 2.43 bits per heavy atom. The molecule has 0 bridgehead atoms. The number of aliphatic hydroxyl groups is 1. The van der Waals surface area contributed by atoms with E-state index in [0.29, 0.717) is 42.7 Å². The molecule has 0 saturated carbocycles. The summed E-state index contributed by atoms with van der Waals surface area (Å²) in [7, 11) is 0. The molecule has 0 heterocycles. The number of esters is 1. The smallest absolute Gasteiger partial charge is 0.306 e. The number of ether oxygens (including phenoxy) is 2. The number of halogens is 1. The van der Waals surface area contributed by atoms with E-state index in [1.807, 2.05) is 6.07 Å². The van der Waals surface area contributed by atoms with Gasteiger partial charge in [-0.05, 0) is 80.2 Å². The van der Waals surface area contributed by atoms with Crippen LogP contribution >= 0.6 is 11.6 Å². The molecule has 3 rings (SSSR count). The van der Waals surface area contributed by atoms with E-state index in [2.05, 4.69) is 43.4 Å². The summed E-state index contributed by atoms with van der Waals surface area (Å²) < 4.78 is 10.8. The minimum Gasteiger partial charge on any atom is -0.489 e. The van der Waals surface area contributed by atoms with Gasteiger partial charge in [-0.2, -0.15) is 0 Å².